The van der Waals surface area contributed by atoms with Gasteiger partial charge in [0.15, 0.2) is 5.65 Å². The van der Waals surface area contributed by atoms with Gasteiger partial charge in [0.2, 0.25) is 0 Å². The zero-order valence-corrected chi connectivity index (χ0v) is 9.51. The molecule has 0 unspecified atom stereocenters. The number of benzene rings is 1. The molecule has 0 saturated carbocycles. The van der Waals surface area contributed by atoms with Crippen LogP contribution < -0.4 is 5.73 Å². The van der Waals surface area contributed by atoms with Crippen molar-refractivity contribution in [2.24, 2.45) is 5.73 Å². The number of nitrogens with two attached hydrogens (primary N) is 1. The fourth-order valence-corrected chi connectivity index (χ4v) is 1.86. The molecule has 0 aliphatic heterocycles. The van der Waals surface area contributed by atoms with Gasteiger partial charge in [0.05, 0.1) is 12.1 Å². The lowest BCUT2D eigenvalue weighted by Crippen LogP contribution is -2.03. The third-order valence-corrected chi connectivity index (χ3v) is 2.75. The lowest BCUT2D eigenvalue weighted by atomic mass is 10.1. The molecule has 0 bridgehead atoms. The van der Waals surface area contributed by atoms with E-state index in [-0.39, 0.29) is 0 Å². The second-order valence-electron chi connectivity index (χ2n) is 4.09. The summed E-state index contributed by atoms with van der Waals surface area (Å²) in [6.07, 6.45) is 1.77. The molecule has 17 heavy (non-hydrogen) atoms. The van der Waals surface area contributed by atoms with E-state index in [1.807, 2.05) is 0 Å². The Bertz CT molecular complexity index is 706. The van der Waals surface area contributed by atoms with Gasteiger partial charge in [0.1, 0.15) is 5.82 Å². The fourth-order valence-electron chi connectivity index (χ4n) is 1.86. The Morgan fingerprint density at radius 3 is 2.82 bits per heavy atom. The Hall–Kier alpha value is -2.07. The number of nitrogens with zero attached hydrogens (tertiary/aromatic N) is 3. The first-order valence-electron chi connectivity index (χ1n) is 5.49. The predicted molar refractivity (Wildman–Crippen MR) is 67.5 cm³/mol. The molecule has 0 spiro atoms. The summed E-state index contributed by atoms with van der Waals surface area (Å²) in [5, 5.41) is 2.05. The maximum atomic E-state index is 5.52. The topological polar surface area (TPSA) is 64.7 Å². The molecule has 3 aromatic rings. The molecule has 0 atom stereocenters. The maximum absolute atomic E-state index is 5.52. The van der Waals surface area contributed by atoms with E-state index < -0.39 is 0 Å². The van der Waals surface area contributed by atoms with Crippen molar-refractivity contribution < 1.29 is 0 Å². The molecule has 0 aliphatic carbocycles. The molecule has 0 saturated heterocycles. The summed E-state index contributed by atoms with van der Waals surface area (Å²) in [5.74, 6) is 0.622. The molecule has 4 nitrogen and oxygen atoms in total. The molecule has 2 aromatic heterocycles. The molecule has 0 aliphatic rings. The first kappa shape index (κ1) is 10.1. The highest BCUT2D eigenvalue weighted by molar-refractivity contribution is 5.90. The van der Waals surface area contributed by atoms with Gasteiger partial charge in [-0.1, -0.05) is 12.1 Å². The van der Waals surface area contributed by atoms with Crippen molar-refractivity contribution in [1.82, 2.24) is 15.0 Å². The number of hydrogen-bond donors (Lipinski definition) is 1. The zero-order valence-electron chi connectivity index (χ0n) is 9.51. The van der Waals surface area contributed by atoms with E-state index in [1.165, 1.54) is 5.56 Å². The van der Waals surface area contributed by atoms with Gasteiger partial charge in [-0.25, -0.2) is 15.0 Å². The van der Waals surface area contributed by atoms with Crippen LogP contribution >= 0.6 is 0 Å². The van der Waals surface area contributed by atoms with Crippen molar-refractivity contribution >= 4 is 21.9 Å². The van der Waals surface area contributed by atoms with Crippen LogP contribution in [0.1, 0.15) is 11.4 Å². The van der Waals surface area contributed by atoms with Gasteiger partial charge >= 0.3 is 0 Å². The van der Waals surface area contributed by atoms with E-state index in [0.717, 1.165) is 16.3 Å². The van der Waals surface area contributed by atoms with E-state index in [1.54, 1.807) is 6.20 Å². The van der Waals surface area contributed by atoms with Crippen LogP contribution in [0.25, 0.3) is 21.9 Å². The molecule has 4 heteroatoms. The lowest BCUT2D eigenvalue weighted by Gasteiger charge is -2.03. The largest absolute Gasteiger partial charge is 0.324 e. The van der Waals surface area contributed by atoms with Gasteiger partial charge in [-0.2, -0.15) is 0 Å². The van der Waals surface area contributed by atoms with Gasteiger partial charge in [-0.15, -0.1) is 0 Å². The Labute approximate surface area is 98.5 Å². The first-order chi connectivity index (χ1) is 8.26. The number of hydrogen-bond acceptors (Lipinski definition) is 4. The molecule has 0 amide bonds. The summed E-state index contributed by atoms with van der Waals surface area (Å²) in [6, 6.07) is 8.25. The normalized spacial score (nSPS) is 11.2. The van der Waals surface area contributed by atoms with Crippen LogP contribution in [0.4, 0.5) is 0 Å². The molecule has 1 aromatic carbocycles. The first-order valence-corrected chi connectivity index (χ1v) is 5.49. The van der Waals surface area contributed by atoms with Crippen LogP contribution in [0.3, 0.4) is 0 Å². The lowest BCUT2D eigenvalue weighted by molar-refractivity contribution is 0.922. The molecule has 2 heterocycles. The fraction of sp³-hybridized carbons (Fsp3) is 0.154. The molecule has 84 valence electrons. The third kappa shape index (κ3) is 1.72. The summed E-state index contributed by atoms with van der Waals surface area (Å²) in [5.41, 5.74) is 8.38. The van der Waals surface area contributed by atoms with E-state index in [2.05, 4.69) is 46.1 Å². The Kier molecular flexibility index (Phi) is 2.23. The minimum absolute atomic E-state index is 0.337. The summed E-state index contributed by atoms with van der Waals surface area (Å²) >= 11 is 0. The molecule has 0 radical (unpaired) electrons. The summed E-state index contributed by atoms with van der Waals surface area (Å²) < 4.78 is 0. The van der Waals surface area contributed by atoms with E-state index >= 15 is 0 Å². The minimum Gasteiger partial charge on any atom is -0.324 e. The van der Waals surface area contributed by atoms with E-state index in [9.17, 15) is 0 Å². The number of fused-ring (bicyclic) bond motifs is 2. The van der Waals surface area contributed by atoms with Crippen LogP contribution in [0, 0.1) is 6.92 Å². The molecular weight excluding hydrogens is 212 g/mol. The van der Waals surface area contributed by atoms with E-state index in [4.69, 9.17) is 5.73 Å². The van der Waals surface area contributed by atoms with Crippen molar-refractivity contribution in [3.63, 3.8) is 0 Å². The summed E-state index contributed by atoms with van der Waals surface area (Å²) in [7, 11) is 0. The number of pyridine rings is 1. The van der Waals surface area contributed by atoms with Gasteiger partial charge in [-0.05, 0) is 24.6 Å². The smallest absolute Gasteiger partial charge is 0.163 e. The van der Waals surface area contributed by atoms with E-state index in [0.29, 0.717) is 18.0 Å². The van der Waals surface area contributed by atoms with Crippen molar-refractivity contribution in [3.8, 4) is 0 Å². The zero-order chi connectivity index (χ0) is 11.8. The molecule has 0 fully saturated rings. The number of aryl methyl sites for hydroxylation is 1. The Morgan fingerprint density at radius 2 is 2.00 bits per heavy atom. The van der Waals surface area contributed by atoms with Gasteiger partial charge < -0.3 is 5.73 Å². The van der Waals surface area contributed by atoms with Crippen LogP contribution in [-0.2, 0) is 6.54 Å². The van der Waals surface area contributed by atoms with Crippen molar-refractivity contribution in [2.45, 2.75) is 13.5 Å². The van der Waals surface area contributed by atoms with Crippen molar-refractivity contribution in [3.05, 3.63) is 41.9 Å². The highest BCUT2D eigenvalue weighted by atomic mass is 14.9. The van der Waals surface area contributed by atoms with Crippen LogP contribution in [0.15, 0.2) is 30.5 Å². The van der Waals surface area contributed by atoms with Crippen LogP contribution in [0.2, 0.25) is 0 Å². The monoisotopic (exact) mass is 224 g/mol. The van der Waals surface area contributed by atoms with Crippen LogP contribution in [-0.4, -0.2) is 15.0 Å². The third-order valence-electron chi connectivity index (χ3n) is 2.75. The Morgan fingerprint density at radius 1 is 1.12 bits per heavy atom. The minimum atomic E-state index is 0.337. The predicted octanol–water partition coefficient (Wildman–Crippen LogP) is 1.95. The number of aromatic nitrogens is 3. The molecule has 3 rings (SSSR count). The Balaban J connectivity index is 2.36. The quantitative estimate of drug-likeness (QED) is 0.641. The molecule has 2 N–H and O–H groups in total. The van der Waals surface area contributed by atoms with Gasteiger partial charge in [0.25, 0.3) is 0 Å². The van der Waals surface area contributed by atoms with Gasteiger partial charge in [0, 0.05) is 17.0 Å². The highest BCUT2D eigenvalue weighted by Crippen LogP contribution is 2.18. The van der Waals surface area contributed by atoms with Crippen molar-refractivity contribution in [1.29, 1.82) is 0 Å². The maximum Gasteiger partial charge on any atom is 0.163 e. The average Bonchev–Trinajstić information content (AvgIpc) is 2.35. The standard InChI is InChI=1S/C13H12N4/c1-8-2-3-9-5-10-7-15-12(6-14)17-13(10)16-11(9)4-8/h2-5,7H,6,14H2,1H3. The summed E-state index contributed by atoms with van der Waals surface area (Å²) in [4.78, 5) is 13.0. The second-order valence-corrected chi connectivity index (χ2v) is 4.09. The second kappa shape index (κ2) is 3.75. The SMILES string of the molecule is Cc1ccc2cc3cnc(CN)nc3nc2c1. The van der Waals surface area contributed by atoms with Crippen LogP contribution in [0.5, 0.6) is 0 Å². The molecular formula is C13H12N4. The summed E-state index contributed by atoms with van der Waals surface area (Å²) in [6.45, 7) is 2.39. The highest BCUT2D eigenvalue weighted by Gasteiger charge is 2.03. The van der Waals surface area contributed by atoms with Crippen molar-refractivity contribution in [2.75, 3.05) is 0 Å². The van der Waals surface area contributed by atoms with Gasteiger partial charge in [-0.3, -0.25) is 0 Å². The average molecular weight is 224 g/mol. The number of rotatable bonds is 1.